The summed E-state index contributed by atoms with van der Waals surface area (Å²) in [4.78, 5) is 0. The number of hydrogen-bond acceptors (Lipinski definition) is 5. The van der Waals surface area contributed by atoms with Gasteiger partial charge < -0.3 is 5.11 Å². The van der Waals surface area contributed by atoms with E-state index in [-0.39, 0.29) is 18.2 Å². The van der Waals surface area contributed by atoms with Gasteiger partial charge in [-0.15, -0.1) is 23.0 Å². The maximum absolute atomic E-state index is 9.30. The van der Waals surface area contributed by atoms with E-state index in [0.717, 1.165) is 17.2 Å². The first kappa shape index (κ1) is 14.2. The zero-order chi connectivity index (χ0) is 13.2. The number of hydrazone groups is 1. The molecule has 1 heterocycles. The fraction of sp³-hybridized carbons (Fsp3) is 0.0714. The molecule has 0 aliphatic carbocycles. The van der Waals surface area contributed by atoms with Crippen molar-refractivity contribution in [1.29, 1.82) is 0 Å². The lowest BCUT2D eigenvalue weighted by Crippen LogP contribution is -2.42. The highest BCUT2D eigenvalue weighted by atomic mass is 35.5. The van der Waals surface area contributed by atoms with Gasteiger partial charge in [-0.05, 0) is 43.3 Å². The van der Waals surface area contributed by atoms with Gasteiger partial charge in [-0.3, -0.25) is 0 Å². The number of nitrogens with zero attached hydrogens (tertiary/aromatic N) is 3. The summed E-state index contributed by atoms with van der Waals surface area (Å²) in [7, 11) is 0. The van der Waals surface area contributed by atoms with Crippen LogP contribution < -0.4 is 15.7 Å². The zero-order valence-corrected chi connectivity index (χ0v) is 11.7. The molecule has 6 heteroatoms. The van der Waals surface area contributed by atoms with E-state index >= 15 is 0 Å². The van der Waals surface area contributed by atoms with Crippen LogP contribution in [0.4, 0.5) is 11.4 Å². The molecule has 0 radical (unpaired) electrons. The zero-order valence-electron chi connectivity index (χ0n) is 10.9. The summed E-state index contributed by atoms with van der Waals surface area (Å²) in [5, 5.41) is 17.3. The van der Waals surface area contributed by atoms with Crippen LogP contribution in [0.1, 0.15) is 6.92 Å². The first-order valence-corrected chi connectivity index (χ1v) is 6.00. The van der Waals surface area contributed by atoms with E-state index in [1.165, 1.54) is 0 Å². The van der Waals surface area contributed by atoms with Crippen LogP contribution in [0.15, 0.2) is 59.7 Å². The average Bonchev–Trinajstić information content (AvgIpc) is 2.83. The summed E-state index contributed by atoms with van der Waals surface area (Å²) in [5.74, 6) is 1.09. The lowest BCUT2D eigenvalue weighted by atomic mass is 10.3. The molecule has 0 spiro atoms. The van der Waals surface area contributed by atoms with Gasteiger partial charge in [-0.1, -0.05) is 18.2 Å². The Morgan fingerprint density at radius 3 is 2.25 bits per heavy atom. The number of phenols is 1. The van der Waals surface area contributed by atoms with Crippen molar-refractivity contribution in [1.82, 2.24) is 5.53 Å². The normalized spacial score (nSPS) is 13.9. The van der Waals surface area contributed by atoms with Gasteiger partial charge >= 0.3 is 0 Å². The fourth-order valence-electron chi connectivity index (χ4n) is 1.91. The number of nitrogens with one attached hydrogen (secondary N) is 1. The molecule has 0 unspecified atom stereocenters. The van der Waals surface area contributed by atoms with E-state index in [1.807, 2.05) is 42.3 Å². The van der Waals surface area contributed by atoms with Gasteiger partial charge in [0.1, 0.15) is 11.6 Å². The number of anilines is 2. The molecular weight excluding hydrogens is 276 g/mol. The van der Waals surface area contributed by atoms with Crippen molar-refractivity contribution in [2.45, 2.75) is 6.92 Å². The number of aromatic hydroxyl groups is 1. The van der Waals surface area contributed by atoms with Crippen LogP contribution >= 0.6 is 12.4 Å². The largest absolute Gasteiger partial charge is 0.508 e. The van der Waals surface area contributed by atoms with E-state index in [9.17, 15) is 5.11 Å². The second-order valence-electron chi connectivity index (χ2n) is 4.25. The van der Waals surface area contributed by atoms with Crippen LogP contribution in [0, 0.1) is 0 Å². The monoisotopic (exact) mass is 290 g/mol. The van der Waals surface area contributed by atoms with E-state index in [0.29, 0.717) is 0 Å². The Labute approximate surface area is 123 Å². The van der Waals surface area contributed by atoms with Gasteiger partial charge in [0.05, 0.1) is 11.4 Å². The second-order valence-corrected chi connectivity index (χ2v) is 4.25. The molecule has 0 bridgehead atoms. The highest BCUT2D eigenvalue weighted by molar-refractivity contribution is 5.97. The molecule has 0 aromatic heterocycles. The number of hydrazine groups is 2. The molecule has 1 aliphatic rings. The van der Waals surface area contributed by atoms with Gasteiger partial charge in [0.2, 0.25) is 0 Å². The summed E-state index contributed by atoms with van der Waals surface area (Å²) in [6.07, 6.45) is 0. The van der Waals surface area contributed by atoms with Crippen molar-refractivity contribution in [2.75, 3.05) is 10.1 Å². The Balaban J connectivity index is 0.00000147. The van der Waals surface area contributed by atoms with E-state index in [2.05, 4.69) is 10.6 Å². The number of phenolic OH excluding ortho intramolecular Hbond substituents is 1. The van der Waals surface area contributed by atoms with Gasteiger partial charge in [-0.25, -0.2) is 5.01 Å². The van der Waals surface area contributed by atoms with Crippen LogP contribution in [0.5, 0.6) is 5.75 Å². The van der Waals surface area contributed by atoms with Crippen molar-refractivity contribution in [3.63, 3.8) is 0 Å². The quantitative estimate of drug-likeness (QED) is 0.893. The third kappa shape index (κ3) is 2.68. The highest BCUT2D eigenvalue weighted by Crippen LogP contribution is 2.22. The number of rotatable bonds is 2. The van der Waals surface area contributed by atoms with Crippen molar-refractivity contribution in [3.05, 3.63) is 54.6 Å². The standard InChI is InChI=1S/C14H14N4O.ClH/c1-11-15-18(13-7-9-14(19)10-8-13)16-17(11)12-5-3-2-4-6-12;/h2-10,16,19H,1H3;1H. The molecule has 0 atom stereocenters. The molecule has 104 valence electrons. The predicted octanol–water partition coefficient (Wildman–Crippen LogP) is 2.89. The summed E-state index contributed by atoms with van der Waals surface area (Å²) in [6, 6.07) is 16.8. The van der Waals surface area contributed by atoms with Gasteiger partial charge in [-0.2, -0.15) is 5.12 Å². The topological polar surface area (TPSA) is 51.1 Å². The fourth-order valence-corrected chi connectivity index (χ4v) is 1.91. The lowest BCUT2D eigenvalue weighted by Gasteiger charge is -2.21. The Hall–Kier alpha value is -2.24. The van der Waals surface area contributed by atoms with Gasteiger partial charge in [0.15, 0.2) is 0 Å². The molecule has 2 aromatic carbocycles. The number of para-hydroxylation sites is 1. The van der Waals surface area contributed by atoms with Crippen LogP contribution in [-0.2, 0) is 0 Å². The second kappa shape index (κ2) is 5.81. The first-order valence-electron chi connectivity index (χ1n) is 6.00. The van der Waals surface area contributed by atoms with E-state index < -0.39 is 0 Å². The molecule has 2 N–H and O–H groups in total. The summed E-state index contributed by atoms with van der Waals surface area (Å²) in [5.41, 5.74) is 5.05. The molecule has 2 aromatic rings. The highest BCUT2D eigenvalue weighted by Gasteiger charge is 2.21. The lowest BCUT2D eigenvalue weighted by molar-refractivity contribution is 0.475. The van der Waals surface area contributed by atoms with Crippen molar-refractivity contribution >= 4 is 29.6 Å². The molecule has 1 aliphatic heterocycles. The number of benzene rings is 2. The molecule has 0 saturated carbocycles. The van der Waals surface area contributed by atoms with Crippen molar-refractivity contribution in [3.8, 4) is 5.75 Å². The number of hydrogen-bond donors (Lipinski definition) is 2. The van der Waals surface area contributed by atoms with Gasteiger partial charge in [0, 0.05) is 0 Å². The predicted molar refractivity (Wildman–Crippen MR) is 83.0 cm³/mol. The summed E-state index contributed by atoms with van der Waals surface area (Å²) >= 11 is 0. The Bertz CT molecular complexity index is 600. The molecule has 0 amide bonds. The molecule has 3 rings (SSSR count). The van der Waals surface area contributed by atoms with E-state index in [1.54, 1.807) is 29.4 Å². The number of amidine groups is 1. The third-order valence-corrected chi connectivity index (χ3v) is 2.87. The third-order valence-electron chi connectivity index (χ3n) is 2.87. The van der Waals surface area contributed by atoms with Crippen LogP contribution in [0.25, 0.3) is 0 Å². The number of halogens is 1. The minimum atomic E-state index is 0. The maximum atomic E-state index is 9.30. The molecule has 0 fully saturated rings. The van der Waals surface area contributed by atoms with E-state index in [4.69, 9.17) is 0 Å². The van der Waals surface area contributed by atoms with Crippen LogP contribution in [-0.4, -0.2) is 10.9 Å². The average molecular weight is 291 g/mol. The minimum Gasteiger partial charge on any atom is -0.508 e. The minimum absolute atomic E-state index is 0. The smallest absolute Gasteiger partial charge is 0.144 e. The van der Waals surface area contributed by atoms with Crippen LogP contribution in [0.3, 0.4) is 0 Å². The Morgan fingerprint density at radius 1 is 0.950 bits per heavy atom. The first-order chi connectivity index (χ1) is 9.24. The summed E-state index contributed by atoms with van der Waals surface area (Å²) in [6.45, 7) is 1.93. The summed E-state index contributed by atoms with van der Waals surface area (Å²) < 4.78 is 0. The molecule has 0 saturated heterocycles. The van der Waals surface area contributed by atoms with Gasteiger partial charge in [0.25, 0.3) is 0 Å². The maximum Gasteiger partial charge on any atom is 0.144 e. The molecular formula is C14H15ClN4O. The van der Waals surface area contributed by atoms with Crippen molar-refractivity contribution in [2.24, 2.45) is 5.10 Å². The van der Waals surface area contributed by atoms with Crippen molar-refractivity contribution < 1.29 is 5.11 Å². The molecule has 20 heavy (non-hydrogen) atoms. The molecule has 5 nitrogen and oxygen atoms in total. The Morgan fingerprint density at radius 2 is 1.60 bits per heavy atom. The van der Waals surface area contributed by atoms with Crippen LogP contribution in [0.2, 0.25) is 0 Å². The Kier molecular flexibility index (Phi) is 4.12. The SMILES string of the molecule is CC1=NN(c2ccc(O)cc2)NN1c1ccccc1.Cl.